The van der Waals surface area contributed by atoms with Gasteiger partial charge in [-0.05, 0) is 44.0 Å². The van der Waals surface area contributed by atoms with Crippen molar-refractivity contribution in [3.8, 4) is 5.75 Å². The fraction of sp³-hybridized carbons (Fsp3) is 0.316. The highest BCUT2D eigenvalue weighted by atomic mass is 35.5. The first-order chi connectivity index (χ1) is 12.8. The van der Waals surface area contributed by atoms with Gasteiger partial charge in [-0.1, -0.05) is 29.8 Å². The highest BCUT2D eigenvalue weighted by molar-refractivity contribution is 7.89. The molecule has 1 saturated carbocycles. The first-order valence-corrected chi connectivity index (χ1v) is 10.4. The summed E-state index contributed by atoms with van der Waals surface area (Å²) in [6, 6.07) is 11.2. The summed E-state index contributed by atoms with van der Waals surface area (Å²) in [4.78, 5) is 12.6. The molecule has 8 heteroatoms. The number of rotatable bonds is 7. The average Bonchev–Trinajstić information content (AvgIpc) is 3.44. The second kappa shape index (κ2) is 7.88. The van der Waals surface area contributed by atoms with Crippen LogP contribution in [0.1, 0.15) is 41.7 Å². The molecule has 144 valence electrons. The van der Waals surface area contributed by atoms with E-state index in [-0.39, 0.29) is 27.6 Å². The van der Waals surface area contributed by atoms with Gasteiger partial charge in [-0.3, -0.25) is 4.79 Å². The van der Waals surface area contributed by atoms with E-state index in [2.05, 4.69) is 10.0 Å². The number of sulfonamides is 1. The van der Waals surface area contributed by atoms with Gasteiger partial charge >= 0.3 is 0 Å². The highest BCUT2D eigenvalue weighted by Gasteiger charge is 2.29. The van der Waals surface area contributed by atoms with Crippen molar-refractivity contribution in [1.29, 1.82) is 0 Å². The number of nitrogens with one attached hydrogen (secondary N) is 2. The molecule has 0 heterocycles. The van der Waals surface area contributed by atoms with Crippen LogP contribution >= 0.6 is 11.6 Å². The van der Waals surface area contributed by atoms with Gasteiger partial charge in [0.25, 0.3) is 5.91 Å². The van der Waals surface area contributed by atoms with Crippen LogP contribution in [0.2, 0.25) is 5.02 Å². The summed E-state index contributed by atoms with van der Waals surface area (Å²) in [7, 11) is -2.19. The normalized spacial score (nSPS) is 15.2. The molecule has 3 rings (SSSR count). The molecule has 1 aliphatic rings. The summed E-state index contributed by atoms with van der Waals surface area (Å²) in [5.41, 5.74) is 1.04. The molecule has 1 unspecified atom stereocenters. The molecular formula is C19H21ClN2O4S. The zero-order chi connectivity index (χ0) is 19.6. The highest BCUT2D eigenvalue weighted by Crippen LogP contribution is 2.28. The summed E-state index contributed by atoms with van der Waals surface area (Å²) in [6.45, 7) is 1.83. The van der Waals surface area contributed by atoms with Gasteiger partial charge in [0.2, 0.25) is 10.0 Å². The Morgan fingerprint density at radius 2 is 1.93 bits per heavy atom. The van der Waals surface area contributed by atoms with E-state index in [0.29, 0.717) is 5.75 Å². The Kier molecular flexibility index (Phi) is 5.74. The lowest BCUT2D eigenvalue weighted by Crippen LogP contribution is -2.28. The van der Waals surface area contributed by atoms with Gasteiger partial charge in [0, 0.05) is 17.2 Å². The maximum absolute atomic E-state index is 12.6. The lowest BCUT2D eigenvalue weighted by molar-refractivity contribution is 0.0939. The number of para-hydroxylation sites is 1. The second-order valence-electron chi connectivity index (χ2n) is 6.48. The Morgan fingerprint density at radius 3 is 2.59 bits per heavy atom. The van der Waals surface area contributed by atoms with Crippen LogP contribution < -0.4 is 14.8 Å². The molecule has 6 nitrogen and oxygen atoms in total. The van der Waals surface area contributed by atoms with Gasteiger partial charge in [-0.15, -0.1) is 0 Å². The van der Waals surface area contributed by atoms with Gasteiger partial charge in [0.05, 0.1) is 18.2 Å². The predicted octanol–water partition coefficient (Wildman–Crippen LogP) is 3.28. The molecule has 1 amide bonds. The predicted molar refractivity (Wildman–Crippen MR) is 104 cm³/mol. The topological polar surface area (TPSA) is 84.5 Å². The van der Waals surface area contributed by atoms with Gasteiger partial charge in [-0.25, -0.2) is 13.1 Å². The molecule has 2 N–H and O–H groups in total. The van der Waals surface area contributed by atoms with E-state index in [1.165, 1.54) is 18.2 Å². The summed E-state index contributed by atoms with van der Waals surface area (Å²) in [5.74, 6) is 0.270. The molecule has 27 heavy (non-hydrogen) atoms. The fourth-order valence-corrected chi connectivity index (χ4v) is 4.55. The molecule has 0 aromatic heterocycles. The third-order valence-corrected chi connectivity index (χ3v) is 6.34. The largest absolute Gasteiger partial charge is 0.496 e. The van der Waals surface area contributed by atoms with Crippen LogP contribution in [0, 0.1) is 0 Å². The molecule has 2 aromatic carbocycles. The number of amides is 1. The van der Waals surface area contributed by atoms with Gasteiger partial charge in [0.1, 0.15) is 10.6 Å². The minimum atomic E-state index is -3.76. The van der Waals surface area contributed by atoms with Crippen LogP contribution in [0.4, 0.5) is 0 Å². The number of carbonyl (C=O) groups excluding carboxylic acids is 1. The van der Waals surface area contributed by atoms with Crippen molar-refractivity contribution in [2.24, 2.45) is 0 Å². The smallest absolute Gasteiger partial charge is 0.251 e. The standard InChI is InChI=1S/C19H21ClN2O4S/c1-12(15-5-3-4-6-17(15)26-2)21-19(23)13-7-10-16(20)18(11-13)27(24,25)22-14-8-9-14/h3-7,10-12,14,22H,8-9H2,1-2H3,(H,21,23). The van der Waals surface area contributed by atoms with E-state index in [9.17, 15) is 13.2 Å². The number of carbonyl (C=O) groups is 1. The summed E-state index contributed by atoms with van der Waals surface area (Å²) >= 11 is 6.06. The van der Waals surface area contributed by atoms with Crippen LogP contribution in [0.15, 0.2) is 47.4 Å². The van der Waals surface area contributed by atoms with Gasteiger partial charge < -0.3 is 10.1 Å². The molecule has 1 fully saturated rings. The minimum Gasteiger partial charge on any atom is -0.496 e. The number of benzene rings is 2. The second-order valence-corrected chi connectivity index (χ2v) is 8.57. The van der Waals surface area contributed by atoms with E-state index in [1.807, 2.05) is 31.2 Å². The van der Waals surface area contributed by atoms with Gasteiger partial charge in [-0.2, -0.15) is 0 Å². The Morgan fingerprint density at radius 1 is 1.22 bits per heavy atom. The molecular weight excluding hydrogens is 388 g/mol. The van der Waals surface area contributed by atoms with Crippen LogP contribution in [-0.4, -0.2) is 27.5 Å². The van der Waals surface area contributed by atoms with Crippen molar-refractivity contribution in [1.82, 2.24) is 10.0 Å². The Hall–Kier alpha value is -2.09. The summed E-state index contributed by atoms with van der Waals surface area (Å²) in [5, 5.41) is 2.94. The molecule has 1 aliphatic carbocycles. The quantitative estimate of drug-likeness (QED) is 0.736. The van der Waals surface area contributed by atoms with E-state index >= 15 is 0 Å². The van der Waals surface area contributed by atoms with Crippen molar-refractivity contribution < 1.29 is 17.9 Å². The molecule has 0 aliphatic heterocycles. The van der Waals surface area contributed by atoms with E-state index in [0.717, 1.165) is 18.4 Å². The number of halogens is 1. The van der Waals surface area contributed by atoms with Crippen molar-refractivity contribution in [2.75, 3.05) is 7.11 Å². The van der Waals surface area contributed by atoms with Crippen molar-refractivity contribution in [3.05, 3.63) is 58.6 Å². The monoisotopic (exact) mass is 408 g/mol. The fourth-order valence-electron chi connectivity index (χ4n) is 2.72. The molecule has 0 bridgehead atoms. The SMILES string of the molecule is COc1ccccc1C(C)NC(=O)c1ccc(Cl)c(S(=O)(=O)NC2CC2)c1. The Labute approximate surface area is 163 Å². The zero-order valence-corrected chi connectivity index (χ0v) is 16.6. The first-order valence-electron chi connectivity index (χ1n) is 8.57. The number of methoxy groups -OCH3 is 1. The Balaban J connectivity index is 1.81. The molecule has 0 spiro atoms. The Bertz CT molecular complexity index is 958. The minimum absolute atomic E-state index is 0.0471. The van der Waals surface area contributed by atoms with Gasteiger partial charge in [0.15, 0.2) is 0 Å². The van der Waals surface area contributed by atoms with Crippen LogP contribution in [0.25, 0.3) is 0 Å². The summed E-state index contributed by atoms with van der Waals surface area (Å²) < 4.78 is 32.8. The number of hydrogen-bond acceptors (Lipinski definition) is 4. The molecule has 0 radical (unpaired) electrons. The maximum atomic E-state index is 12.6. The number of hydrogen-bond donors (Lipinski definition) is 2. The van der Waals surface area contributed by atoms with Crippen molar-refractivity contribution in [2.45, 2.75) is 36.7 Å². The van der Waals surface area contributed by atoms with Crippen LogP contribution in [0.5, 0.6) is 5.75 Å². The maximum Gasteiger partial charge on any atom is 0.251 e. The first kappa shape index (κ1) is 19.7. The summed E-state index contributed by atoms with van der Waals surface area (Å²) in [6.07, 6.45) is 1.63. The third-order valence-electron chi connectivity index (χ3n) is 4.34. The van der Waals surface area contributed by atoms with E-state index in [1.54, 1.807) is 7.11 Å². The van der Waals surface area contributed by atoms with Crippen molar-refractivity contribution in [3.63, 3.8) is 0 Å². The average molecular weight is 409 g/mol. The lowest BCUT2D eigenvalue weighted by atomic mass is 10.1. The van der Waals surface area contributed by atoms with E-state index < -0.39 is 15.9 Å². The molecule has 2 aromatic rings. The van der Waals surface area contributed by atoms with Crippen molar-refractivity contribution >= 4 is 27.5 Å². The van der Waals surface area contributed by atoms with Crippen LogP contribution in [0.3, 0.4) is 0 Å². The molecule has 1 atom stereocenters. The zero-order valence-electron chi connectivity index (χ0n) is 15.0. The molecule has 0 saturated heterocycles. The van der Waals surface area contributed by atoms with Crippen LogP contribution in [-0.2, 0) is 10.0 Å². The number of ether oxygens (including phenoxy) is 1. The van der Waals surface area contributed by atoms with E-state index in [4.69, 9.17) is 16.3 Å². The lowest BCUT2D eigenvalue weighted by Gasteiger charge is -2.17. The third kappa shape index (κ3) is 4.61.